The second kappa shape index (κ2) is 4.58. The molecule has 0 aromatic rings. The van der Waals surface area contributed by atoms with Crippen LogP contribution < -0.4 is 10.6 Å². The molecule has 1 unspecified atom stereocenters. The van der Waals surface area contributed by atoms with Crippen LogP contribution in [0.25, 0.3) is 0 Å². The standard InChI is InChI=1S/C13H24N2O2/c1-12(2,9-17-3)15-11(16)10-8-13(10)4-6-14-7-5-13/h10,14H,4-9H2,1-3H3,(H,15,16). The summed E-state index contributed by atoms with van der Waals surface area (Å²) in [5.41, 5.74) is 0.0566. The van der Waals surface area contributed by atoms with E-state index in [0.717, 1.165) is 32.4 Å². The number of hydrogen-bond donors (Lipinski definition) is 2. The van der Waals surface area contributed by atoms with Gasteiger partial charge in [-0.25, -0.2) is 0 Å². The lowest BCUT2D eigenvalue weighted by atomic mass is 9.91. The van der Waals surface area contributed by atoms with Gasteiger partial charge in [-0.15, -0.1) is 0 Å². The molecule has 1 saturated carbocycles. The van der Waals surface area contributed by atoms with Crippen molar-refractivity contribution in [3.63, 3.8) is 0 Å². The van der Waals surface area contributed by atoms with E-state index in [0.29, 0.717) is 12.0 Å². The van der Waals surface area contributed by atoms with Crippen LogP contribution >= 0.6 is 0 Å². The molecule has 2 aliphatic rings. The number of ether oxygens (including phenoxy) is 1. The quantitative estimate of drug-likeness (QED) is 0.768. The minimum absolute atomic E-state index is 0.217. The van der Waals surface area contributed by atoms with Crippen molar-refractivity contribution in [2.75, 3.05) is 26.8 Å². The number of amides is 1. The van der Waals surface area contributed by atoms with Crippen molar-refractivity contribution in [2.45, 2.75) is 38.6 Å². The van der Waals surface area contributed by atoms with Crippen LogP contribution in [0.3, 0.4) is 0 Å². The molecular weight excluding hydrogens is 216 g/mol. The van der Waals surface area contributed by atoms with Gasteiger partial charge in [0.2, 0.25) is 5.91 Å². The summed E-state index contributed by atoms with van der Waals surface area (Å²) >= 11 is 0. The van der Waals surface area contributed by atoms with Crippen molar-refractivity contribution < 1.29 is 9.53 Å². The lowest BCUT2D eigenvalue weighted by Crippen LogP contribution is -2.48. The summed E-state index contributed by atoms with van der Waals surface area (Å²) in [6.07, 6.45) is 3.37. The predicted molar refractivity (Wildman–Crippen MR) is 66.7 cm³/mol. The first kappa shape index (κ1) is 12.8. The van der Waals surface area contributed by atoms with Gasteiger partial charge in [0, 0.05) is 13.0 Å². The third-order valence-corrected chi connectivity index (χ3v) is 4.07. The maximum atomic E-state index is 12.2. The normalized spacial score (nSPS) is 26.9. The zero-order chi connectivity index (χ0) is 12.5. The van der Waals surface area contributed by atoms with Crippen molar-refractivity contribution in [1.29, 1.82) is 0 Å². The second-order valence-corrected chi connectivity index (χ2v) is 6.18. The molecule has 1 aliphatic heterocycles. The minimum atomic E-state index is -0.261. The molecular formula is C13H24N2O2. The number of rotatable bonds is 4. The Morgan fingerprint density at radius 2 is 2.12 bits per heavy atom. The topological polar surface area (TPSA) is 50.4 Å². The fourth-order valence-electron chi connectivity index (χ4n) is 3.01. The van der Waals surface area contributed by atoms with E-state index in [9.17, 15) is 4.79 Å². The van der Waals surface area contributed by atoms with Gasteiger partial charge < -0.3 is 15.4 Å². The number of methoxy groups -OCH3 is 1. The smallest absolute Gasteiger partial charge is 0.224 e. The first-order valence-corrected chi connectivity index (χ1v) is 6.51. The van der Waals surface area contributed by atoms with Crippen LogP contribution in [0, 0.1) is 11.3 Å². The molecule has 0 radical (unpaired) electrons. The molecule has 1 spiro atoms. The predicted octanol–water partition coefficient (Wildman–Crippen LogP) is 0.917. The first-order valence-electron chi connectivity index (χ1n) is 6.51. The summed E-state index contributed by atoms with van der Waals surface area (Å²) in [4.78, 5) is 12.2. The molecule has 1 heterocycles. The Hall–Kier alpha value is -0.610. The van der Waals surface area contributed by atoms with Gasteiger partial charge in [0.15, 0.2) is 0 Å². The van der Waals surface area contributed by atoms with E-state index in [1.807, 2.05) is 13.8 Å². The molecule has 0 aromatic heterocycles. The highest BCUT2D eigenvalue weighted by Gasteiger charge is 2.57. The highest BCUT2D eigenvalue weighted by molar-refractivity contribution is 5.83. The summed E-state index contributed by atoms with van der Waals surface area (Å²) in [7, 11) is 1.67. The Balaban J connectivity index is 1.86. The van der Waals surface area contributed by atoms with E-state index in [2.05, 4.69) is 10.6 Å². The van der Waals surface area contributed by atoms with Crippen molar-refractivity contribution in [3.05, 3.63) is 0 Å². The molecule has 1 atom stereocenters. The second-order valence-electron chi connectivity index (χ2n) is 6.18. The number of carbonyl (C=O) groups excluding carboxylic acids is 1. The van der Waals surface area contributed by atoms with Crippen molar-refractivity contribution in [1.82, 2.24) is 10.6 Å². The fraction of sp³-hybridized carbons (Fsp3) is 0.923. The van der Waals surface area contributed by atoms with Gasteiger partial charge >= 0.3 is 0 Å². The van der Waals surface area contributed by atoms with Gasteiger partial charge in [-0.05, 0) is 51.6 Å². The fourth-order valence-corrected chi connectivity index (χ4v) is 3.01. The van der Waals surface area contributed by atoms with E-state index in [4.69, 9.17) is 4.74 Å². The van der Waals surface area contributed by atoms with Gasteiger partial charge in [-0.2, -0.15) is 0 Å². The molecule has 0 bridgehead atoms. The van der Waals surface area contributed by atoms with Crippen LogP contribution in [0.1, 0.15) is 33.1 Å². The minimum Gasteiger partial charge on any atom is -0.382 e. The van der Waals surface area contributed by atoms with Gasteiger partial charge in [0.25, 0.3) is 0 Å². The van der Waals surface area contributed by atoms with Crippen LogP contribution in [0.2, 0.25) is 0 Å². The molecule has 17 heavy (non-hydrogen) atoms. The Bertz CT molecular complexity index is 296. The van der Waals surface area contributed by atoms with Crippen LogP contribution in [-0.2, 0) is 9.53 Å². The van der Waals surface area contributed by atoms with E-state index >= 15 is 0 Å². The number of nitrogens with one attached hydrogen (secondary N) is 2. The van der Waals surface area contributed by atoms with Gasteiger partial charge in [0.1, 0.15) is 0 Å². The van der Waals surface area contributed by atoms with Crippen LogP contribution in [0.15, 0.2) is 0 Å². The molecule has 1 aliphatic carbocycles. The van der Waals surface area contributed by atoms with Gasteiger partial charge in [-0.3, -0.25) is 4.79 Å². The average molecular weight is 240 g/mol. The zero-order valence-corrected chi connectivity index (χ0v) is 11.1. The van der Waals surface area contributed by atoms with Crippen LogP contribution in [-0.4, -0.2) is 38.3 Å². The Morgan fingerprint density at radius 1 is 1.47 bits per heavy atom. The van der Waals surface area contributed by atoms with Crippen molar-refractivity contribution in [3.8, 4) is 0 Å². The highest BCUT2D eigenvalue weighted by Crippen LogP contribution is 2.58. The van der Waals surface area contributed by atoms with E-state index in [1.54, 1.807) is 7.11 Å². The lowest BCUT2D eigenvalue weighted by Gasteiger charge is -2.27. The van der Waals surface area contributed by atoms with E-state index in [-0.39, 0.29) is 17.4 Å². The van der Waals surface area contributed by atoms with Crippen LogP contribution in [0.4, 0.5) is 0 Å². The molecule has 4 nitrogen and oxygen atoms in total. The maximum Gasteiger partial charge on any atom is 0.224 e. The van der Waals surface area contributed by atoms with Gasteiger partial charge in [-0.1, -0.05) is 0 Å². The molecule has 4 heteroatoms. The molecule has 1 saturated heterocycles. The summed E-state index contributed by atoms with van der Waals surface area (Å²) in [5, 5.41) is 6.46. The van der Waals surface area contributed by atoms with Crippen molar-refractivity contribution in [2.24, 2.45) is 11.3 Å². The molecule has 2 fully saturated rings. The summed E-state index contributed by atoms with van der Waals surface area (Å²) in [5.74, 6) is 0.453. The number of hydrogen-bond acceptors (Lipinski definition) is 3. The first-order chi connectivity index (χ1) is 7.99. The highest BCUT2D eigenvalue weighted by atomic mass is 16.5. The Morgan fingerprint density at radius 3 is 2.71 bits per heavy atom. The molecule has 2 rings (SSSR count). The maximum absolute atomic E-state index is 12.2. The molecule has 2 N–H and O–H groups in total. The largest absolute Gasteiger partial charge is 0.382 e. The summed E-state index contributed by atoms with van der Waals surface area (Å²) in [6, 6.07) is 0. The number of piperidine rings is 1. The van der Waals surface area contributed by atoms with E-state index in [1.165, 1.54) is 0 Å². The summed E-state index contributed by atoms with van der Waals surface area (Å²) in [6.45, 7) is 6.69. The summed E-state index contributed by atoms with van der Waals surface area (Å²) < 4.78 is 5.12. The Kier molecular flexibility index (Phi) is 3.46. The van der Waals surface area contributed by atoms with Gasteiger partial charge in [0.05, 0.1) is 12.1 Å². The average Bonchev–Trinajstić information content (AvgIpc) is 2.92. The Labute approximate surface area is 103 Å². The lowest BCUT2D eigenvalue weighted by molar-refractivity contribution is -0.125. The third-order valence-electron chi connectivity index (χ3n) is 4.07. The molecule has 1 amide bonds. The van der Waals surface area contributed by atoms with Crippen molar-refractivity contribution >= 4 is 5.91 Å². The zero-order valence-electron chi connectivity index (χ0n) is 11.1. The van der Waals surface area contributed by atoms with E-state index < -0.39 is 0 Å². The molecule has 0 aromatic carbocycles. The SMILES string of the molecule is COCC(C)(C)NC(=O)C1CC12CCNCC2. The number of carbonyl (C=O) groups is 1. The monoisotopic (exact) mass is 240 g/mol. The molecule has 98 valence electrons. The third kappa shape index (κ3) is 2.80. The van der Waals surface area contributed by atoms with Crippen LogP contribution in [0.5, 0.6) is 0 Å².